The van der Waals surface area contributed by atoms with E-state index >= 15 is 0 Å². The summed E-state index contributed by atoms with van der Waals surface area (Å²) >= 11 is 0. The molecule has 0 unspecified atom stereocenters. The van der Waals surface area contributed by atoms with Crippen molar-refractivity contribution >= 4 is 23.3 Å². The molecule has 8 heteroatoms. The summed E-state index contributed by atoms with van der Waals surface area (Å²) in [6, 6.07) is 8.70. The Bertz CT molecular complexity index is 660. The Kier molecular flexibility index (Phi) is 6.21. The Morgan fingerprint density at radius 3 is 2.64 bits per heavy atom. The second-order valence-electron chi connectivity index (χ2n) is 6.21. The number of carbonyl (C=O) groups excluding carboxylic acids is 3. The van der Waals surface area contributed by atoms with Gasteiger partial charge in [0.15, 0.2) is 6.61 Å². The van der Waals surface area contributed by atoms with E-state index in [2.05, 4.69) is 5.32 Å². The molecule has 0 saturated heterocycles. The molecule has 134 valence electrons. The zero-order valence-electron chi connectivity index (χ0n) is 13.8. The van der Waals surface area contributed by atoms with Gasteiger partial charge in [-0.05, 0) is 18.1 Å². The van der Waals surface area contributed by atoms with Crippen LogP contribution in [0.3, 0.4) is 0 Å². The minimum atomic E-state index is -0.718. The molecule has 1 saturated carbocycles. The number of nitrogens with one attached hydrogen (secondary N) is 1. The number of rotatable bonds is 7. The third-order valence-electron chi connectivity index (χ3n) is 4.35. The maximum absolute atomic E-state index is 12.0. The molecule has 1 aromatic rings. The van der Waals surface area contributed by atoms with E-state index in [1.54, 1.807) is 37.3 Å². The molecule has 0 heterocycles. The first-order valence-electron chi connectivity index (χ1n) is 8.02. The number of hydrogen-bond acceptors (Lipinski definition) is 6. The number of esters is 1. The lowest BCUT2D eigenvalue weighted by atomic mass is 9.88. The van der Waals surface area contributed by atoms with Gasteiger partial charge in [0, 0.05) is 28.9 Å². The predicted molar refractivity (Wildman–Crippen MR) is 88.3 cm³/mol. The topological polar surface area (TPSA) is 116 Å². The van der Waals surface area contributed by atoms with Gasteiger partial charge >= 0.3 is 5.97 Å². The first-order chi connectivity index (χ1) is 11.9. The molecule has 0 aromatic heterocycles. The molecule has 1 aromatic carbocycles. The lowest BCUT2D eigenvalue weighted by Gasteiger charge is -2.17. The minimum Gasteiger partial charge on any atom is -0.456 e. The van der Waals surface area contributed by atoms with Gasteiger partial charge in [-0.2, -0.15) is 0 Å². The molecular formula is C17H20N2O6. The highest BCUT2D eigenvalue weighted by atomic mass is 16.6. The van der Waals surface area contributed by atoms with E-state index in [0.29, 0.717) is 5.69 Å². The summed E-state index contributed by atoms with van der Waals surface area (Å²) in [7, 11) is 0. The fourth-order valence-corrected chi connectivity index (χ4v) is 3.10. The molecule has 1 aliphatic rings. The van der Waals surface area contributed by atoms with Crippen molar-refractivity contribution in [2.75, 3.05) is 18.5 Å². The molecule has 25 heavy (non-hydrogen) atoms. The van der Waals surface area contributed by atoms with Crippen LogP contribution in [0.2, 0.25) is 0 Å². The van der Waals surface area contributed by atoms with Crippen LogP contribution in [0.1, 0.15) is 19.8 Å². The molecule has 0 spiro atoms. The zero-order chi connectivity index (χ0) is 18.4. The molecular weight excluding hydrogens is 328 g/mol. The van der Waals surface area contributed by atoms with Crippen molar-refractivity contribution in [2.45, 2.75) is 19.8 Å². The SMILES string of the molecule is C[C@@H]1CC(=O)[C@H](CC(=O)OCC(=O)Nc2ccccc2)[C@@H]1C[N+](=O)[O-]. The second kappa shape index (κ2) is 8.36. The number of hydrogen-bond donors (Lipinski definition) is 1. The maximum Gasteiger partial charge on any atom is 0.307 e. The molecule has 2 rings (SSSR count). The van der Waals surface area contributed by atoms with Gasteiger partial charge in [0.1, 0.15) is 5.78 Å². The highest BCUT2D eigenvalue weighted by Gasteiger charge is 2.44. The first kappa shape index (κ1) is 18.6. The third-order valence-corrected chi connectivity index (χ3v) is 4.35. The van der Waals surface area contributed by atoms with Crippen LogP contribution >= 0.6 is 0 Å². The maximum atomic E-state index is 12.0. The van der Waals surface area contributed by atoms with E-state index in [0.717, 1.165) is 0 Å². The molecule has 1 N–H and O–H groups in total. The molecule has 1 amide bonds. The number of ketones is 1. The van der Waals surface area contributed by atoms with Gasteiger partial charge in [-0.15, -0.1) is 0 Å². The van der Waals surface area contributed by atoms with Crippen LogP contribution in [0, 0.1) is 27.9 Å². The average molecular weight is 348 g/mol. The standard InChI is InChI=1S/C17H20N2O6/c1-11-7-15(20)13(14(11)9-19(23)24)8-17(22)25-10-16(21)18-12-5-3-2-4-6-12/h2-6,11,13-14H,7-10H2,1H3,(H,18,21)/t11-,13-,14-/m1/s1. The minimum absolute atomic E-state index is 0.142. The first-order valence-corrected chi connectivity index (χ1v) is 8.02. The Morgan fingerprint density at radius 1 is 1.32 bits per heavy atom. The van der Waals surface area contributed by atoms with Crippen LogP contribution in [0.25, 0.3) is 0 Å². The summed E-state index contributed by atoms with van der Waals surface area (Å²) in [6.45, 7) is 0.953. The fraction of sp³-hybridized carbons (Fsp3) is 0.471. The van der Waals surface area contributed by atoms with Gasteiger partial charge in [0.05, 0.1) is 6.42 Å². The van der Waals surface area contributed by atoms with Crippen LogP contribution in [-0.2, 0) is 19.1 Å². The summed E-state index contributed by atoms with van der Waals surface area (Å²) in [4.78, 5) is 45.9. The van der Waals surface area contributed by atoms with Gasteiger partial charge in [0.2, 0.25) is 6.54 Å². The van der Waals surface area contributed by atoms with E-state index in [9.17, 15) is 24.5 Å². The number of Topliss-reactive ketones (excluding diaryl/α,β-unsaturated/α-hetero) is 1. The van der Waals surface area contributed by atoms with Gasteiger partial charge < -0.3 is 10.1 Å². The number of nitro groups is 1. The summed E-state index contributed by atoms with van der Waals surface area (Å²) in [5, 5.41) is 13.3. The Hall–Kier alpha value is -2.77. The summed E-state index contributed by atoms with van der Waals surface area (Å²) in [6.07, 6.45) is -0.00869. The van der Waals surface area contributed by atoms with Gasteiger partial charge in [0.25, 0.3) is 5.91 Å². The van der Waals surface area contributed by atoms with Gasteiger partial charge in [-0.3, -0.25) is 24.5 Å². The predicted octanol–water partition coefficient (Wildman–Crippen LogP) is 1.68. The van der Waals surface area contributed by atoms with Crippen LogP contribution in [0.4, 0.5) is 5.69 Å². The van der Waals surface area contributed by atoms with E-state index in [-0.39, 0.29) is 31.1 Å². The van der Waals surface area contributed by atoms with E-state index in [4.69, 9.17) is 4.74 Å². The normalized spacial score (nSPS) is 22.4. The molecule has 0 bridgehead atoms. The highest BCUT2D eigenvalue weighted by Crippen LogP contribution is 2.36. The van der Waals surface area contributed by atoms with E-state index < -0.39 is 35.2 Å². The van der Waals surface area contributed by atoms with Crippen LogP contribution in [0.5, 0.6) is 0 Å². The monoisotopic (exact) mass is 348 g/mol. The smallest absolute Gasteiger partial charge is 0.307 e. The Balaban J connectivity index is 1.83. The summed E-state index contributed by atoms with van der Waals surface area (Å²) in [5.41, 5.74) is 0.578. The number of anilines is 1. The van der Waals surface area contributed by atoms with Crippen LogP contribution < -0.4 is 5.32 Å². The van der Waals surface area contributed by atoms with Gasteiger partial charge in [-0.25, -0.2) is 0 Å². The van der Waals surface area contributed by atoms with Crippen molar-refractivity contribution in [3.05, 3.63) is 40.4 Å². The second-order valence-corrected chi connectivity index (χ2v) is 6.21. The number of nitrogens with zero attached hydrogens (tertiary/aromatic N) is 1. The Morgan fingerprint density at radius 2 is 2.00 bits per heavy atom. The third kappa shape index (κ3) is 5.37. The van der Waals surface area contributed by atoms with Crippen molar-refractivity contribution in [1.29, 1.82) is 0 Å². The molecule has 1 aliphatic carbocycles. The summed E-state index contributed by atoms with van der Waals surface area (Å²) in [5.74, 6) is -2.70. The molecule has 0 radical (unpaired) electrons. The van der Waals surface area contributed by atoms with Crippen molar-refractivity contribution in [3.63, 3.8) is 0 Å². The lowest BCUT2D eigenvalue weighted by Crippen LogP contribution is -2.28. The number of para-hydroxylation sites is 1. The average Bonchev–Trinajstić information content (AvgIpc) is 2.80. The summed E-state index contributed by atoms with van der Waals surface area (Å²) < 4.78 is 4.90. The largest absolute Gasteiger partial charge is 0.456 e. The lowest BCUT2D eigenvalue weighted by molar-refractivity contribution is -0.490. The van der Waals surface area contributed by atoms with E-state index in [1.165, 1.54) is 0 Å². The van der Waals surface area contributed by atoms with Crippen molar-refractivity contribution in [2.24, 2.45) is 17.8 Å². The van der Waals surface area contributed by atoms with Crippen LogP contribution in [-0.4, -0.2) is 35.7 Å². The quantitative estimate of drug-likeness (QED) is 0.455. The number of amides is 1. The molecule has 1 fully saturated rings. The van der Waals surface area contributed by atoms with Gasteiger partial charge in [-0.1, -0.05) is 25.1 Å². The molecule has 3 atom stereocenters. The zero-order valence-corrected chi connectivity index (χ0v) is 13.8. The number of carbonyl (C=O) groups is 3. The number of benzene rings is 1. The molecule has 8 nitrogen and oxygen atoms in total. The Labute approximate surface area is 144 Å². The number of ether oxygens (including phenoxy) is 1. The highest BCUT2D eigenvalue weighted by molar-refractivity contribution is 5.93. The van der Waals surface area contributed by atoms with Crippen LogP contribution in [0.15, 0.2) is 30.3 Å². The fourth-order valence-electron chi connectivity index (χ4n) is 3.10. The van der Waals surface area contributed by atoms with Crippen molar-refractivity contribution in [1.82, 2.24) is 0 Å². The van der Waals surface area contributed by atoms with Crippen molar-refractivity contribution < 1.29 is 24.0 Å². The van der Waals surface area contributed by atoms with E-state index in [1.807, 2.05) is 0 Å². The van der Waals surface area contributed by atoms with Crippen molar-refractivity contribution in [3.8, 4) is 0 Å². The molecule has 0 aliphatic heterocycles.